The smallest absolute Gasteiger partial charge is 0.264 e. The van der Waals surface area contributed by atoms with Gasteiger partial charge in [-0.15, -0.1) is 0 Å². The lowest BCUT2D eigenvalue weighted by Crippen LogP contribution is -2.50. The Morgan fingerprint density at radius 2 is 1.77 bits per heavy atom. The molecule has 1 aliphatic heterocycles. The van der Waals surface area contributed by atoms with Crippen LogP contribution in [0.2, 0.25) is 5.02 Å². The number of fused-ring (bicyclic) bond motifs is 1. The quantitative estimate of drug-likeness (QED) is 0.481. The summed E-state index contributed by atoms with van der Waals surface area (Å²) in [5.41, 5.74) is 4.67. The van der Waals surface area contributed by atoms with E-state index in [9.17, 15) is 13.2 Å². The molecule has 0 unspecified atom stereocenters. The first-order valence-electron chi connectivity index (χ1n) is 11.7. The van der Waals surface area contributed by atoms with Crippen LogP contribution in [0.1, 0.15) is 36.1 Å². The molecule has 4 rings (SSSR count). The van der Waals surface area contributed by atoms with E-state index >= 15 is 0 Å². The van der Waals surface area contributed by atoms with E-state index in [1.54, 1.807) is 42.5 Å². The third-order valence-electron chi connectivity index (χ3n) is 6.20. The summed E-state index contributed by atoms with van der Waals surface area (Å²) >= 11 is 6.17. The standard InChI is InChI=1S/C27H29ClN2O4S/c1-4-19-8-9-20(5-2)21(14-19)16-29-27(31)26-17-30(24-15-22(28)10-13-25(24)34-26)35(32,33)23-11-6-18(3)7-12-23/h6-15,26H,4-5,16-17H2,1-3H3,(H,29,31)/t26-/m1/s1. The molecule has 1 aliphatic rings. The van der Waals surface area contributed by atoms with E-state index in [2.05, 4.69) is 37.4 Å². The molecule has 0 aromatic heterocycles. The number of anilines is 1. The maximum absolute atomic E-state index is 13.6. The number of ether oxygens (including phenoxy) is 1. The molecule has 8 heteroatoms. The van der Waals surface area contributed by atoms with Crippen molar-refractivity contribution >= 4 is 33.2 Å². The Balaban J connectivity index is 1.61. The van der Waals surface area contributed by atoms with Gasteiger partial charge in [0.2, 0.25) is 0 Å². The van der Waals surface area contributed by atoms with Crippen LogP contribution in [0.4, 0.5) is 5.69 Å². The number of nitrogens with one attached hydrogen (secondary N) is 1. The van der Waals surface area contributed by atoms with Gasteiger partial charge in [-0.05, 0) is 66.8 Å². The lowest BCUT2D eigenvalue weighted by atomic mass is 10.0. The predicted molar refractivity (Wildman–Crippen MR) is 139 cm³/mol. The summed E-state index contributed by atoms with van der Waals surface area (Å²) in [6.45, 7) is 6.23. The number of aryl methyl sites for hydroxylation is 3. The van der Waals surface area contributed by atoms with E-state index in [1.807, 2.05) is 6.92 Å². The van der Waals surface area contributed by atoms with Crippen LogP contribution < -0.4 is 14.4 Å². The third kappa shape index (κ3) is 5.31. The summed E-state index contributed by atoms with van der Waals surface area (Å²) in [4.78, 5) is 13.3. The van der Waals surface area contributed by atoms with Gasteiger partial charge in [0.05, 0.1) is 17.1 Å². The number of carbonyl (C=O) groups excluding carboxylic acids is 1. The van der Waals surface area contributed by atoms with E-state index in [4.69, 9.17) is 16.3 Å². The van der Waals surface area contributed by atoms with Crippen molar-refractivity contribution < 1.29 is 17.9 Å². The van der Waals surface area contributed by atoms with Crippen LogP contribution in [0.15, 0.2) is 65.6 Å². The minimum absolute atomic E-state index is 0.138. The maximum Gasteiger partial charge on any atom is 0.264 e. The number of sulfonamides is 1. The molecule has 1 N–H and O–H groups in total. The molecule has 3 aromatic rings. The molecule has 0 spiro atoms. The van der Waals surface area contributed by atoms with Gasteiger partial charge in [0.1, 0.15) is 5.75 Å². The van der Waals surface area contributed by atoms with Crippen molar-refractivity contribution in [2.75, 3.05) is 10.8 Å². The van der Waals surface area contributed by atoms with E-state index < -0.39 is 16.1 Å². The zero-order valence-electron chi connectivity index (χ0n) is 20.0. The number of hydrogen-bond donors (Lipinski definition) is 1. The van der Waals surface area contributed by atoms with Gasteiger partial charge in [-0.25, -0.2) is 8.42 Å². The highest BCUT2D eigenvalue weighted by Crippen LogP contribution is 2.39. The summed E-state index contributed by atoms with van der Waals surface area (Å²) in [5.74, 6) is -0.0858. The van der Waals surface area contributed by atoms with E-state index in [0.29, 0.717) is 23.0 Å². The zero-order chi connectivity index (χ0) is 25.2. The number of halogens is 1. The van der Waals surface area contributed by atoms with Crippen molar-refractivity contribution in [1.82, 2.24) is 5.32 Å². The summed E-state index contributed by atoms with van der Waals surface area (Å²) < 4.78 is 34.3. The van der Waals surface area contributed by atoms with Gasteiger partial charge < -0.3 is 10.1 Å². The zero-order valence-corrected chi connectivity index (χ0v) is 21.6. The van der Waals surface area contributed by atoms with Gasteiger partial charge >= 0.3 is 0 Å². The van der Waals surface area contributed by atoms with E-state index in [0.717, 1.165) is 29.5 Å². The van der Waals surface area contributed by atoms with Crippen LogP contribution in [0.3, 0.4) is 0 Å². The molecule has 35 heavy (non-hydrogen) atoms. The van der Waals surface area contributed by atoms with Crippen LogP contribution in [0.25, 0.3) is 0 Å². The number of rotatable bonds is 7. The topological polar surface area (TPSA) is 75.7 Å². The van der Waals surface area contributed by atoms with Gasteiger partial charge in [0.25, 0.3) is 15.9 Å². The van der Waals surface area contributed by atoms with Gasteiger partial charge in [-0.2, -0.15) is 0 Å². The Hall–Kier alpha value is -3.03. The Morgan fingerprint density at radius 3 is 2.46 bits per heavy atom. The fraction of sp³-hybridized carbons (Fsp3) is 0.296. The van der Waals surface area contributed by atoms with Crippen molar-refractivity contribution in [2.24, 2.45) is 0 Å². The molecule has 0 saturated carbocycles. The lowest BCUT2D eigenvalue weighted by molar-refractivity contribution is -0.127. The molecule has 0 fully saturated rings. The number of carbonyl (C=O) groups is 1. The maximum atomic E-state index is 13.6. The first-order chi connectivity index (χ1) is 16.7. The molecule has 1 heterocycles. The Labute approximate surface area is 211 Å². The highest BCUT2D eigenvalue weighted by Gasteiger charge is 2.37. The fourth-order valence-electron chi connectivity index (χ4n) is 4.13. The fourth-order valence-corrected chi connectivity index (χ4v) is 5.77. The SMILES string of the molecule is CCc1ccc(CC)c(CNC(=O)[C@H]2CN(S(=O)(=O)c3ccc(C)cc3)c3cc(Cl)ccc3O2)c1. The Kier molecular flexibility index (Phi) is 7.38. The summed E-state index contributed by atoms with van der Waals surface area (Å²) in [7, 11) is -3.95. The molecule has 3 aromatic carbocycles. The van der Waals surface area contributed by atoms with E-state index in [1.165, 1.54) is 9.87 Å². The Morgan fingerprint density at radius 1 is 1.03 bits per heavy atom. The van der Waals surface area contributed by atoms with Gasteiger partial charge in [-0.3, -0.25) is 9.10 Å². The average Bonchev–Trinajstić information content (AvgIpc) is 2.86. The second-order valence-electron chi connectivity index (χ2n) is 8.60. The van der Waals surface area contributed by atoms with Crippen molar-refractivity contribution in [3.63, 3.8) is 0 Å². The third-order valence-corrected chi connectivity index (χ3v) is 8.23. The normalized spacial score (nSPS) is 15.3. The highest BCUT2D eigenvalue weighted by atomic mass is 35.5. The van der Waals surface area contributed by atoms with Gasteiger partial charge in [-0.1, -0.05) is 61.3 Å². The predicted octanol–water partition coefficient (Wildman–Crippen LogP) is 5.05. The minimum Gasteiger partial charge on any atom is -0.476 e. The monoisotopic (exact) mass is 512 g/mol. The molecule has 0 aliphatic carbocycles. The minimum atomic E-state index is -3.95. The highest BCUT2D eigenvalue weighted by molar-refractivity contribution is 7.92. The lowest BCUT2D eigenvalue weighted by Gasteiger charge is -2.35. The van der Waals surface area contributed by atoms with Crippen LogP contribution in [0.5, 0.6) is 5.75 Å². The van der Waals surface area contributed by atoms with Crippen LogP contribution >= 0.6 is 11.6 Å². The van der Waals surface area contributed by atoms with E-state index in [-0.39, 0.29) is 17.3 Å². The van der Waals surface area contributed by atoms with Crippen LogP contribution in [-0.2, 0) is 34.2 Å². The molecular formula is C27H29ClN2O4S. The van der Waals surface area contributed by atoms with Crippen LogP contribution in [0, 0.1) is 6.92 Å². The van der Waals surface area contributed by atoms with Gasteiger partial charge in [0.15, 0.2) is 6.10 Å². The molecule has 0 radical (unpaired) electrons. The van der Waals surface area contributed by atoms with Crippen molar-refractivity contribution in [3.8, 4) is 5.75 Å². The molecule has 6 nitrogen and oxygen atoms in total. The van der Waals surface area contributed by atoms with Crippen LogP contribution in [-0.4, -0.2) is 27.0 Å². The van der Waals surface area contributed by atoms with Crippen molar-refractivity contribution in [3.05, 3.63) is 87.9 Å². The first kappa shape index (κ1) is 25.1. The number of benzene rings is 3. The molecule has 1 amide bonds. The summed E-state index contributed by atoms with van der Waals surface area (Å²) in [6.07, 6.45) is 0.747. The second-order valence-corrected chi connectivity index (χ2v) is 10.9. The number of nitrogens with zero attached hydrogens (tertiary/aromatic N) is 1. The van der Waals surface area contributed by atoms with Crippen molar-refractivity contribution in [1.29, 1.82) is 0 Å². The largest absolute Gasteiger partial charge is 0.476 e. The molecule has 0 bridgehead atoms. The summed E-state index contributed by atoms with van der Waals surface area (Å²) in [5, 5.41) is 3.32. The molecular weight excluding hydrogens is 484 g/mol. The number of amides is 1. The molecule has 184 valence electrons. The average molecular weight is 513 g/mol. The number of hydrogen-bond acceptors (Lipinski definition) is 4. The first-order valence-corrected chi connectivity index (χ1v) is 13.5. The summed E-state index contributed by atoms with van der Waals surface area (Å²) in [6, 6.07) is 17.7. The second kappa shape index (κ2) is 10.3. The molecule has 1 atom stereocenters. The Bertz CT molecular complexity index is 1340. The van der Waals surface area contributed by atoms with Gasteiger partial charge in [0, 0.05) is 11.6 Å². The molecule has 0 saturated heterocycles. The van der Waals surface area contributed by atoms with Crippen molar-refractivity contribution in [2.45, 2.75) is 51.2 Å².